The monoisotopic (exact) mass is 217 g/mol. The van der Waals surface area contributed by atoms with Gasteiger partial charge in [-0.3, -0.25) is 4.79 Å². The quantitative estimate of drug-likeness (QED) is 0.676. The fraction of sp³-hybridized carbons (Fsp3) is 0.250. The first-order chi connectivity index (χ1) is 7.27. The molecule has 0 unspecified atom stereocenters. The first kappa shape index (κ1) is 9.04. The average molecular weight is 217 g/mol. The van der Waals surface area contributed by atoms with Crippen molar-refractivity contribution in [2.24, 2.45) is 0 Å². The second-order valence-corrected chi connectivity index (χ2v) is 4.95. The molecule has 1 aromatic heterocycles. The van der Waals surface area contributed by atoms with Crippen LogP contribution in [0.2, 0.25) is 0 Å². The number of rotatable bonds is 0. The van der Waals surface area contributed by atoms with Gasteiger partial charge < -0.3 is 4.57 Å². The summed E-state index contributed by atoms with van der Waals surface area (Å²) in [7, 11) is 0. The zero-order valence-electron chi connectivity index (χ0n) is 8.49. The summed E-state index contributed by atoms with van der Waals surface area (Å²) in [6, 6.07) is 8.00. The van der Waals surface area contributed by atoms with Gasteiger partial charge in [-0.05, 0) is 18.6 Å². The van der Waals surface area contributed by atoms with Gasteiger partial charge in [0.05, 0.1) is 5.52 Å². The van der Waals surface area contributed by atoms with Crippen molar-refractivity contribution in [3.63, 3.8) is 0 Å². The van der Waals surface area contributed by atoms with E-state index < -0.39 is 0 Å². The Morgan fingerprint density at radius 2 is 2.27 bits per heavy atom. The summed E-state index contributed by atoms with van der Waals surface area (Å²) in [5.74, 6) is 0.995. The zero-order valence-corrected chi connectivity index (χ0v) is 9.30. The highest BCUT2D eigenvalue weighted by Gasteiger charge is 2.14. The lowest BCUT2D eigenvalue weighted by molar-refractivity contribution is 0.752. The van der Waals surface area contributed by atoms with Gasteiger partial charge in [0.15, 0.2) is 0 Å². The highest BCUT2D eigenvalue weighted by molar-refractivity contribution is 7.99. The predicted molar refractivity (Wildman–Crippen MR) is 63.7 cm³/mol. The molecule has 0 spiro atoms. The Morgan fingerprint density at radius 1 is 1.40 bits per heavy atom. The molecular formula is C12H11NOS. The van der Waals surface area contributed by atoms with E-state index in [-0.39, 0.29) is 5.56 Å². The molecule has 3 rings (SSSR count). The van der Waals surface area contributed by atoms with E-state index >= 15 is 0 Å². The molecule has 2 heterocycles. The van der Waals surface area contributed by atoms with Gasteiger partial charge in [-0.25, -0.2) is 0 Å². The van der Waals surface area contributed by atoms with E-state index in [0.717, 1.165) is 23.4 Å². The van der Waals surface area contributed by atoms with Crippen LogP contribution < -0.4 is 5.56 Å². The topological polar surface area (TPSA) is 22.0 Å². The van der Waals surface area contributed by atoms with E-state index in [0.29, 0.717) is 0 Å². The number of hydrogen-bond donors (Lipinski definition) is 0. The maximum atomic E-state index is 11.8. The Kier molecular flexibility index (Phi) is 1.89. The number of para-hydroxylation sites is 1. The van der Waals surface area contributed by atoms with Crippen LogP contribution in [0.4, 0.5) is 0 Å². The molecule has 1 aliphatic rings. The molecule has 2 nitrogen and oxygen atoms in total. The summed E-state index contributed by atoms with van der Waals surface area (Å²) in [6.45, 7) is 2.83. The van der Waals surface area contributed by atoms with Gasteiger partial charge in [0.1, 0.15) is 0 Å². The molecule has 0 radical (unpaired) electrons. The van der Waals surface area contributed by atoms with Crippen LogP contribution >= 0.6 is 11.8 Å². The molecule has 0 amide bonds. The van der Waals surface area contributed by atoms with E-state index in [9.17, 15) is 4.79 Å². The number of thioether (sulfide) groups is 1. The summed E-state index contributed by atoms with van der Waals surface area (Å²) >= 11 is 1.84. The fourth-order valence-corrected chi connectivity index (χ4v) is 3.18. The lowest BCUT2D eigenvalue weighted by Gasteiger charge is -2.19. The lowest BCUT2D eigenvalue weighted by Crippen LogP contribution is -2.23. The number of pyridine rings is 1. The number of aryl methyl sites for hydroxylation is 2. The third kappa shape index (κ3) is 1.23. The normalized spacial score (nSPS) is 14.5. The summed E-state index contributed by atoms with van der Waals surface area (Å²) < 4.78 is 1.90. The number of benzene rings is 1. The zero-order chi connectivity index (χ0) is 10.4. The second kappa shape index (κ2) is 3.14. The van der Waals surface area contributed by atoms with E-state index in [1.165, 1.54) is 10.3 Å². The maximum absolute atomic E-state index is 11.8. The smallest absolute Gasteiger partial charge is 0.251 e. The Bertz CT molecular complexity index is 600. The minimum absolute atomic E-state index is 0.132. The van der Waals surface area contributed by atoms with E-state index in [4.69, 9.17) is 0 Å². The van der Waals surface area contributed by atoms with Gasteiger partial charge in [-0.15, -0.1) is 11.8 Å². The van der Waals surface area contributed by atoms with Gasteiger partial charge in [0, 0.05) is 28.6 Å². The van der Waals surface area contributed by atoms with Crippen molar-refractivity contribution in [1.82, 2.24) is 4.57 Å². The average Bonchev–Trinajstić information content (AvgIpc) is 2.25. The van der Waals surface area contributed by atoms with Crippen molar-refractivity contribution in [3.8, 4) is 0 Å². The van der Waals surface area contributed by atoms with Crippen molar-refractivity contribution in [2.75, 3.05) is 5.75 Å². The van der Waals surface area contributed by atoms with Crippen LogP contribution in [-0.4, -0.2) is 10.3 Å². The van der Waals surface area contributed by atoms with E-state index in [1.54, 1.807) is 6.07 Å². The van der Waals surface area contributed by atoms with Gasteiger partial charge in [0.2, 0.25) is 0 Å². The molecule has 3 heteroatoms. The van der Waals surface area contributed by atoms with Crippen LogP contribution in [0.25, 0.3) is 10.9 Å². The molecule has 0 atom stereocenters. The predicted octanol–water partition coefficient (Wildman–Crippen LogP) is 2.42. The summed E-state index contributed by atoms with van der Waals surface area (Å²) in [5, 5.41) is 1.21. The van der Waals surface area contributed by atoms with Crippen LogP contribution in [0, 0.1) is 6.92 Å². The molecule has 0 fully saturated rings. The lowest BCUT2D eigenvalue weighted by atomic mass is 10.1. The Morgan fingerprint density at radius 3 is 3.13 bits per heavy atom. The summed E-state index contributed by atoms with van der Waals surface area (Å²) in [4.78, 5) is 13.1. The second-order valence-electron chi connectivity index (χ2n) is 3.82. The molecule has 76 valence electrons. The maximum Gasteiger partial charge on any atom is 0.251 e. The van der Waals surface area contributed by atoms with E-state index in [1.807, 2.05) is 23.3 Å². The first-order valence-electron chi connectivity index (χ1n) is 5.03. The largest absolute Gasteiger partial charge is 0.306 e. The third-order valence-corrected chi connectivity index (χ3v) is 3.90. The van der Waals surface area contributed by atoms with Crippen molar-refractivity contribution < 1.29 is 0 Å². The number of hydrogen-bond acceptors (Lipinski definition) is 2. The van der Waals surface area contributed by atoms with Crippen molar-refractivity contribution in [2.45, 2.75) is 18.4 Å². The van der Waals surface area contributed by atoms with Gasteiger partial charge >= 0.3 is 0 Å². The first-order valence-corrected chi connectivity index (χ1v) is 6.02. The SMILES string of the molecule is Cc1cc(=O)n2c3c(cccc13)SCC2. The minimum atomic E-state index is 0.132. The van der Waals surface area contributed by atoms with Crippen molar-refractivity contribution in [1.29, 1.82) is 0 Å². The molecule has 0 N–H and O–H groups in total. The molecule has 0 saturated heterocycles. The van der Waals surface area contributed by atoms with Crippen LogP contribution in [0.5, 0.6) is 0 Å². The highest BCUT2D eigenvalue weighted by Crippen LogP contribution is 2.31. The Hall–Kier alpha value is -1.22. The van der Waals surface area contributed by atoms with Crippen LogP contribution in [0.1, 0.15) is 5.56 Å². The Labute approximate surface area is 91.9 Å². The highest BCUT2D eigenvalue weighted by atomic mass is 32.2. The fourth-order valence-electron chi connectivity index (χ4n) is 2.16. The van der Waals surface area contributed by atoms with Crippen LogP contribution in [-0.2, 0) is 6.54 Å². The van der Waals surface area contributed by atoms with E-state index in [2.05, 4.69) is 18.2 Å². The number of aromatic nitrogens is 1. The van der Waals surface area contributed by atoms with Gasteiger partial charge in [0.25, 0.3) is 5.56 Å². The van der Waals surface area contributed by atoms with Gasteiger partial charge in [-0.2, -0.15) is 0 Å². The molecule has 1 aliphatic heterocycles. The molecular weight excluding hydrogens is 206 g/mol. The van der Waals surface area contributed by atoms with Crippen molar-refractivity contribution in [3.05, 3.63) is 40.2 Å². The molecule has 0 aliphatic carbocycles. The van der Waals surface area contributed by atoms with Crippen LogP contribution in [0.3, 0.4) is 0 Å². The summed E-state index contributed by atoms with van der Waals surface area (Å²) in [5.41, 5.74) is 2.34. The van der Waals surface area contributed by atoms with Crippen LogP contribution in [0.15, 0.2) is 34.0 Å². The van der Waals surface area contributed by atoms with Gasteiger partial charge in [-0.1, -0.05) is 12.1 Å². The standard InChI is InChI=1S/C12H11NOS/c1-8-7-11(14)13-5-6-15-10-4-2-3-9(8)12(10)13/h2-4,7H,5-6H2,1H3. The third-order valence-electron chi connectivity index (χ3n) is 2.87. The Balaban J connectivity index is 2.59. The van der Waals surface area contributed by atoms with Crippen molar-refractivity contribution >= 4 is 22.7 Å². The molecule has 0 saturated carbocycles. The molecule has 15 heavy (non-hydrogen) atoms. The minimum Gasteiger partial charge on any atom is -0.306 e. The molecule has 2 aromatic rings. The molecule has 1 aromatic carbocycles. The summed E-state index contributed by atoms with van der Waals surface area (Å²) in [6.07, 6.45) is 0. The number of nitrogens with zero attached hydrogens (tertiary/aromatic N) is 1. The molecule has 0 bridgehead atoms.